The van der Waals surface area contributed by atoms with Gasteiger partial charge in [0.2, 0.25) is 0 Å². The summed E-state index contributed by atoms with van der Waals surface area (Å²) in [6.45, 7) is 5.41. The summed E-state index contributed by atoms with van der Waals surface area (Å²) in [5, 5.41) is 14.2. The van der Waals surface area contributed by atoms with Crippen molar-refractivity contribution in [3.8, 4) is 17.1 Å². The fourth-order valence-corrected chi connectivity index (χ4v) is 4.71. The molecule has 1 saturated heterocycles. The maximum Gasteiger partial charge on any atom is 0.280 e. The molecule has 0 atom stereocenters. The van der Waals surface area contributed by atoms with Crippen molar-refractivity contribution < 1.29 is 14.7 Å². The molecule has 3 aromatic rings. The Kier molecular flexibility index (Phi) is 6.42. The van der Waals surface area contributed by atoms with Crippen LogP contribution >= 0.6 is 11.6 Å². The topological polar surface area (TPSA) is 101 Å². The first kappa shape index (κ1) is 23.3. The molecule has 8 nitrogen and oxygen atoms in total. The number of nitrogens with one attached hydrogen (secondary N) is 2. The molecule has 2 aliphatic rings. The maximum absolute atomic E-state index is 12.8. The molecule has 0 spiro atoms. The quantitative estimate of drug-likeness (QED) is 0.492. The lowest BCUT2D eigenvalue weighted by Gasteiger charge is -2.32. The van der Waals surface area contributed by atoms with E-state index in [4.69, 9.17) is 11.6 Å². The number of carbonyl (C=O) groups is 2. The molecule has 2 aromatic carbocycles. The number of likely N-dealkylation sites (N-methyl/N-ethyl adjacent to an activating group) is 1. The number of hydrogen-bond donors (Lipinski definition) is 3. The minimum absolute atomic E-state index is 0.151. The number of fused-ring (bicyclic) bond motifs is 1. The van der Waals surface area contributed by atoms with Crippen LogP contribution in [0.15, 0.2) is 53.5 Å². The first-order valence-electron chi connectivity index (χ1n) is 11.5. The second kappa shape index (κ2) is 9.65. The van der Waals surface area contributed by atoms with E-state index in [9.17, 15) is 14.7 Å². The van der Waals surface area contributed by atoms with Crippen LogP contribution in [-0.2, 0) is 0 Å². The summed E-state index contributed by atoms with van der Waals surface area (Å²) in [6.07, 6.45) is 0. The van der Waals surface area contributed by atoms with Crippen molar-refractivity contribution in [3.63, 3.8) is 0 Å². The molecule has 1 fully saturated rings. The number of aromatic hydroxyl groups is 1. The van der Waals surface area contributed by atoms with Crippen LogP contribution in [0.4, 0.5) is 0 Å². The van der Waals surface area contributed by atoms with Crippen LogP contribution in [0, 0.1) is 0 Å². The largest absolute Gasteiger partial charge is 0.494 e. The zero-order valence-corrected chi connectivity index (χ0v) is 20.1. The van der Waals surface area contributed by atoms with Gasteiger partial charge in [0.25, 0.3) is 11.8 Å². The molecule has 3 N–H and O–H groups in total. The first-order chi connectivity index (χ1) is 16.9. The number of rotatable bonds is 6. The van der Waals surface area contributed by atoms with Crippen molar-refractivity contribution >= 4 is 29.1 Å². The van der Waals surface area contributed by atoms with E-state index in [1.165, 1.54) is 0 Å². The zero-order chi connectivity index (χ0) is 24.5. The molecule has 5 rings (SSSR count). The van der Waals surface area contributed by atoms with Gasteiger partial charge in [0.15, 0.2) is 5.88 Å². The number of hydrogen-bond acceptors (Lipinski definition) is 5. The van der Waals surface area contributed by atoms with Gasteiger partial charge in [-0.3, -0.25) is 14.5 Å². The third kappa shape index (κ3) is 4.73. The van der Waals surface area contributed by atoms with Gasteiger partial charge in [-0.15, -0.1) is 0 Å². The molecular weight excluding hydrogens is 466 g/mol. The van der Waals surface area contributed by atoms with Crippen LogP contribution in [-0.4, -0.2) is 83.7 Å². The van der Waals surface area contributed by atoms with Crippen molar-refractivity contribution in [2.45, 2.75) is 0 Å². The summed E-state index contributed by atoms with van der Waals surface area (Å²) in [6, 6.07) is 14.0. The van der Waals surface area contributed by atoms with Gasteiger partial charge < -0.3 is 20.3 Å². The minimum atomic E-state index is -0.455. The number of benzene rings is 2. The van der Waals surface area contributed by atoms with E-state index in [0.717, 1.165) is 32.7 Å². The molecule has 35 heavy (non-hydrogen) atoms. The minimum Gasteiger partial charge on any atom is -0.494 e. The van der Waals surface area contributed by atoms with Gasteiger partial charge in [-0.2, -0.15) is 0 Å². The molecule has 0 saturated carbocycles. The standard InChI is InChI=1S/C26H26ClN5O3/c1-31-10-12-32(13-11-31)9-8-28-24(33)18-6-2-4-16(14-18)22-20-21(26(35)29-22)23(30-25(20)34)17-5-3-7-19(27)15-17/h2-7,14-15,30,34H,8-13H2,1H3,(H,28,33). The van der Waals surface area contributed by atoms with E-state index in [1.807, 2.05) is 0 Å². The molecule has 1 aromatic heterocycles. The number of piperazine rings is 1. The number of H-pyrrole nitrogens is 1. The molecule has 3 heterocycles. The number of carbonyl (C=O) groups excluding carboxylic acids is 2. The summed E-state index contributed by atoms with van der Waals surface area (Å²) in [5.74, 6) is -0.797. The van der Waals surface area contributed by atoms with Crippen molar-refractivity contribution in [2.24, 2.45) is 4.99 Å². The predicted octanol–water partition coefficient (Wildman–Crippen LogP) is 3.01. The Hall–Kier alpha value is -3.46. The predicted molar refractivity (Wildman–Crippen MR) is 136 cm³/mol. The average Bonchev–Trinajstić information content (AvgIpc) is 3.38. The molecule has 2 aliphatic heterocycles. The van der Waals surface area contributed by atoms with Crippen molar-refractivity contribution in [1.29, 1.82) is 0 Å². The molecule has 0 aliphatic carbocycles. The Bertz CT molecular complexity index is 1320. The maximum atomic E-state index is 12.8. The molecule has 2 amide bonds. The lowest BCUT2D eigenvalue weighted by atomic mass is 9.99. The smallest absolute Gasteiger partial charge is 0.280 e. The highest BCUT2D eigenvalue weighted by Gasteiger charge is 2.33. The van der Waals surface area contributed by atoms with Crippen LogP contribution in [0.1, 0.15) is 31.8 Å². The number of aromatic amines is 1. The Morgan fingerprint density at radius 3 is 2.60 bits per heavy atom. The summed E-state index contributed by atoms with van der Waals surface area (Å²) in [4.78, 5) is 37.4. The second-order valence-corrected chi connectivity index (χ2v) is 9.29. The molecule has 0 unspecified atom stereocenters. The van der Waals surface area contributed by atoms with Crippen LogP contribution < -0.4 is 5.32 Å². The summed E-state index contributed by atoms with van der Waals surface area (Å²) >= 11 is 6.11. The number of aromatic nitrogens is 1. The molecular formula is C26H26ClN5O3. The SMILES string of the molecule is CN1CCN(CCNC(=O)c2cccc(C3=NC(=O)c4c(-c5cccc(Cl)c5)[nH]c(O)c43)c2)CC1. The van der Waals surface area contributed by atoms with Crippen LogP contribution in [0.5, 0.6) is 5.88 Å². The molecule has 180 valence electrons. The average molecular weight is 492 g/mol. The van der Waals surface area contributed by atoms with Crippen LogP contribution in [0.2, 0.25) is 5.02 Å². The van der Waals surface area contributed by atoms with Gasteiger partial charge in [0, 0.05) is 61.0 Å². The second-order valence-electron chi connectivity index (χ2n) is 8.86. The van der Waals surface area contributed by atoms with Gasteiger partial charge in [-0.1, -0.05) is 35.9 Å². The normalized spacial score (nSPS) is 16.3. The fourth-order valence-electron chi connectivity index (χ4n) is 4.52. The van der Waals surface area contributed by atoms with Crippen molar-refractivity contribution in [2.75, 3.05) is 46.3 Å². The Labute approximate surface area is 208 Å². The number of aliphatic imine (C=N–C) groups is 1. The first-order valence-corrected chi connectivity index (χ1v) is 11.9. The van der Waals surface area contributed by atoms with E-state index < -0.39 is 5.91 Å². The van der Waals surface area contributed by atoms with E-state index in [0.29, 0.717) is 50.8 Å². The van der Waals surface area contributed by atoms with Crippen molar-refractivity contribution in [1.82, 2.24) is 20.1 Å². The van der Waals surface area contributed by atoms with E-state index >= 15 is 0 Å². The number of amides is 2. The Morgan fingerprint density at radius 1 is 1.09 bits per heavy atom. The lowest BCUT2D eigenvalue weighted by Crippen LogP contribution is -2.46. The third-order valence-electron chi connectivity index (χ3n) is 6.47. The molecule has 9 heteroatoms. The van der Waals surface area contributed by atoms with E-state index in [2.05, 4.69) is 32.1 Å². The summed E-state index contributed by atoms with van der Waals surface area (Å²) in [5.41, 5.74) is 3.14. The van der Waals surface area contributed by atoms with E-state index in [1.54, 1.807) is 48.5 Å². The van der Waals surface area contributed by atoms with Crippen LogP contribution in [0.3, 0.4) is 0 Å². The van der Waals surface area contributed by atoms with Gasteiger partial charge in [0.05, 0.1) is 22.5 Å². The monoisotopic (exact) mass is 491 g/mol. The van der Waals surface area contributed by atoms with Gasteiger partial charge in [-0.25, -0.2) is 4.99 Å². The highest BCUT2D eigenvalue weighted by atomic mass is 35.5. The number of nitrogens with zero attached hydrogens (tertiary/aromatic N) is 3. The number of halogens is 1. The summed E-state index contributed by atoms with van der Waals surface area (Å²) < 4.78 is 0. The third-order valence-corrected chi connectivity index (χ3v) is 6.70. The highest BCUT2D eigenvalue weighted by Crippen LogP contribution is 2.38. The fraction of sp³-hybridized carbons (Fsp3) is 0.269. The summed E-state index contributed by atoms with van der Waals surface area (Å²) in [7, 11) is 2.11. The van der Waals surface area contributed by atoms with Gasteiger partial charge >= 0.3 is 0 Å². The Balaban J connectivity index is 1.34. The highest BCUT2D eigenvalue weighted by molar-refractivity contribution is 6.32. The lowest BCUT2D eigenvalue weighted by molar-refractivity contribution is 0.0940. The van der Waals surface area contributed by atoms with Crippen LogP contribution in [0.25, 0.3) is 11.3 Å². The van der Waals surface area contributed by atoms with Gasteiger partial charge in [-0.05, 0) is 31.3 Å². The van der Waals surface area contributed by atoms with Crippen molar-refractivity contribution in [3.05, 3.63) is 75.8 Å². The zero-order valence-electron chi connectivity index (χ0n) is 19.3. The Morgan fingerprint density at radius 2 is 1.83 bits per heavy atom. The molecule has 0 radical (unpaired) electrons. The molecule has 0 bridgehead atoms. The van der Waals surface area contributed by atoms with Gasteiger partial charge in [0.1, 0.15) is 0 Å². The van der Waals surface area contributed by atoms with E-state index in [-0.39, 0.29) is 11.8 Å².